The average molecular weight is 446 g/mol. The second-order valence-corrected chi connectivity index (χ2v) is 8.82. The zero-order chi connectivity index (χ0) is 21.8. The Morgan fingerprint density at radius 3 is 2.74 bits per heavy atom. The highest BCUT2D eigenvalue weighted by atomic mass is 32.2. The summed E-state index contributed by atoms with van der Waals surface area (Å²) in [6.07, 6.45) is 1.04. The van der Waals surface area contributed by atoms with Gasteiger partial charge in [0.15, 0.2) is 11.5 Å². The molecule has 2 aliphatic heterocycles. The molecule has 2 heterocycles. The van der Waals surface area contributed by atoms with Gasteiger partial charge in [0, 0.05) is 13.0 Å². The van der Waals surface area contributed by atoms with Crippen LogP contribution in [-0.2, 0) is 10.2 Å². The van der Waals surface area contributed by atoms with E-state index in [0.717, 1.165) is 29.8 Å². The lowest BCUT2D eigenvalue weighted by molar-refractivity contribution is 0.208. The van der Waals surface area contributed by atoms with E-state index in [4.69, 9.17) is 14.2 Å². The molecule has 2 aromatic carbocycles. The number of fused-ring (bicyclic) bond motifs is 1. The Morgan fingerprint density at radius 1 is 1.10 bits per heavy atom. The first-order valence-corrected chi connectivity index (χ1v) is 11.9. The van der Waals surface area contributed by atoms with E-state index in [2.05, 4.69) is 9.12 Å². The van der Waals surface area contributed by atoms with Crippen LogP contribution in [-0.4, -0.2) is 45.5 Å². The Morgan fingerprint density at radius 2 is 1.94 bits per heavy atom. The minimum atomic E-state index is -3.71. The van der Waals surface area contributed by atoms with Crippen LogP contribution in [0.3, 0.4) is 0 Å². The Labute approximate surface area is 183 Å². The van der Waals surface area contributed by atoms with Gasteiger partial charge in [-0.05, 0) is 55.7 Å². The van der Waals surface area contributed by atoms with E-state index >= 15 is 0 Å². The fraction of sp³-hybridized carbons (Fsp3) is 0.409. The number of amidine groups is 1. The summed E-state index contributed by atoms with van der Waals surface area (Å²) in [6.45, 7) is 5.88. The van der Waals surface area contributed by atoms with Crippen LogP contribution in [0.15, 0.2) is 46.9 Å². The third-order valence-corrected chi connectivity index (χ3v) is 6.08. The van der Waals surface area contributed by atoms with Crippen LogP contribution < -0.4 is 18.9 Å². The second kappa shape index (κ2) is 9.15. The van der Waals surface area contributed by atoms with Crippen LogP contribution in [0.5, 0.6) is 17.2 Å². The van der Waals surface area contributed by atoms with Crippen molar-refractivity contribution in [3.05, 3.63) is 53.6 Å². The third kappa shape index (κ3) is 5.11. The van der Waals surface area contributed by atoms with Gasteiger partial charge in [0.25, 0.3) is 0 Å². The van der Waals surface area contributed by atoms with Crippen LogP contribution in [0.25, 0.3) is 0 Å². The zero-order valence-corrected chi connectivity index (χ0v) is 18.5. The van der Waals surface area contributed by atoms with Gasteiger partial charge in [0.05, 0.1) is 6.61 Å². The Hall–Kier alpha value is -2.78. The van der Waals surface area contributed by atoms with Gasteiger partial charge in [-0.15, -0.1) is 4.40 Å². The summed E-state index contributed by atoms with van der Waals surface area (Å²) in [7, 11) is -3.71. The van der Waals surface area contributed by atoms with Crippen molar-refractivity contribution < 1.29 is 22.6 Å². The van der Waals surface area contributed by atoms with Crippen molar-refractivity contribution in [3.63, 3.8) is 0 Å². The standard InChI is InChI=1S/C22H27N3O5S/c1-3-28-20-15-17(22-24-31(26,27)23-21-8-5-11-25(21)22)9-10-19(20)30-13-12-29-18-7-4-6-16(2)14-18/h4,6-7,9-10,14-15,22,24H,3,5,8,11-13H2,1-2H3/t22-/m0/s1. The van der Waals surface area contributed by atoms with E-state index in [-0.39, 0.29) is 0 Å². The number of ether oxygens (including phenoxy) is 3. The average Bonchev–Trinajstić information content (AvgIpc) is 3.19. The highest BCUT2D eigenvalue weighted by molar-refractivity contribution is 7.88. The lowest BCUT2D eigenvalue weighted by atomic mass is 10.1. The molecule has 8 nitrogen and oxygen atoms in total. The lowest BCUT2D eigenvalue weighted by Crippen LogP contribution is -2.45. The van der Waals surface area contributed by atoms with Crippen LogP contribution in [0.4, 0.5) is 0 Å². The molecular formula is C22H27N3O5S. The van der Waals surface area contributed by atoms with Gasteiger partial charge in [0.1, 0.15) is 31.0 Å². The molecule has 0 saturated carbocycles. The predicted molar refractivity (Wildman–Crippen MR) is 118 cm³/mol. The minimum absolute atomic E-state index is 0.354. The van der Waals surface area contributed by atoms with E-state index in [1.807, 2.05) is 61.2 Å². The maximum absolute atomic E-state index is 12.2. The molecule has 1 saturated heterocycles. The summed E-state index contributed by atoms with van der Waals surface area (Å²) in [5.74, 6) is 2.57. The van der Waals surface area contributed by atoms with E-state index in [9.17, 15) is 8.42 Å². The van der Waals surface area contributed by atoms with Gasteiger partial charge in [-0.25, -0.2) is 0 Å². The molecule has 2 aliphatic rings. The van der Waals surface area contributed by atoms with E-state index < -0.39 is 16.4 Å². The summed E-state index contributed by atoms with van der Waals surface area (Å²) in [4.78, 5) is 1.99. The number of nitrogens with one attached hydrogen (secondary N) is 1. The fourth-order valence-electron chi connectivity index (χ4n) is 3.77. The van der Waals surface area contributed by atoms with Crippen molar-refractivity contribution in [1.82, 2.24) is 9.62 Å². The van der Waals surface area contributed by atoms with Gasteiger partial charge in [-0.1, -0.05) is 18.2 Å². The first-order chi connectivity index (χ1) is 14.9. The SMILES string of the molecule is CCOc1cc([C@H]2NS(=O)(=O)N=C3CCCN32)ccc1OCCOc1cccc(C)c1. The Bertz CT molecular complexity index is 1070. The molecule has 4 rings (SSSR count). The molecule has 0 unspecified atom stereocenters. The van der Waals surface area contributed by atoms with Crippen molar-refractivity contribution in [2.45, 2.75) is 32.9 Å². The molecule has 1 N–H and O–H groups in total. The smallest absolute Gasteiger partial charge is 0.323 e. The molecule has 1 fully saturated rings. The monoisotopic (exact) mass is 445 g/mol. The first kappa shape index (κ1) is 21.5. The van der Waals surface area contributed by atoms with Gasteiger partial charge in [0.2, 0.25) is 0 Å². The van der Waals surface area contributed by atoms with Crippen molar-refractivity contribution >= 4 is 16.0 Å². The molecular weight excluding hydrogens is 418 g/mol. The number of nitrogens with zero attached hydrogens (tertiary/aromatic N) is 2. The van der Waals surface area contributed by atoms with Gasteiger partial charge < -0.3 is 19.1 Å². The largest absolute Gasteiger partial charge is 0.490 e. The van der Waals surface area contributed by atoms with Crippen molar-refractivity contribution in [1.29, 1.82) is 0 Å². The maximum atomic E-state index is 12.2. The highest BCUT2D eigenvalue weighted by Crippen LogP contribution is 2.35. The Balaban J connectivity index is 1.46. The van der Waals surface area contributed by atoms with E-state index in [1.165, 1.54) is 0 Å². The normalized spacial score (nSPS) is 19.5. The quantitative estimate of drug-likeness (QED) is 0.628. The molecule has 2 aromatic rings. The first-order valence-electron chi connectivity index (χ1n) is 10.4. The van der Waals surface area contributed by atoms with Crippen LogP contribution in [0, 0.1) is 6.92 Å². The molecule has 0 aliphatic carbocycles. The summed E-state index contributed by atoms with van der Waals surface area (Å²) in [6, 6.07) is 13.3. The molecule has 31 heavy (non-hydrogen) atoms. The number of rotatable bonds is 8. The van der Waals surface area contributed by atoms with Gasteiger partial charge in [-0.3, -0.25) is 0 Å². The molecule has 9 heteroatoms. The molecule has 0 bridgehead atoms. The zero-order valence-electron chi connectivity index (χ0n) is 17.7. The summed E-state index contributed by atoms with van der Waals surface area (Å²) in [5.41, 5.74) is 1.92. The van der Waals surface area contributed by atoms with Crippen LogP contribution in [0.1, 0.15) is 37.1 Å². The van der Waals surface area contributed by atoms with E-state index in [0.29, 0.717) is 43.6 Å². The molecule has 0 aromatic heterocycles. The van der Waals surface area contributed by atoms with Crippen molar-refractivity contribution in [2.24, 2.45) is 4.40 Å². The molecule has 0 spiro atoms. The fourth-order valence-corrected chi connectivity index (χ4v) is 4.84. The number of benzene rings is 2. The highest BCUT2D eigenvalue weighted by Gasteiger charge is 2.36. The maximum Gasteiger partial charge on any atom is 0.323 e. The number of aryl methyl sites for hydroxylation is 1. The number of hydrogen-bond acceptors (Lipinski definition) is 6. The van der Waals surface area contributed by atoms with E-state index in [1.54, 1.807) is 0 Å². The summed E-state index contributed by atoms with van der Waals surface area (Å²) in [5, 5.41) is 0. The van der Waals surface area contributed by atoms with Crippen molar-refractivity contribution in [2.75, 3.05) is 26.4 Å². The molecule has 166 valence electrons. The van der Waals surface area contributed by atoms with Gasteiger partial charge in [-0.2, -0.15) is 13.1 Å². The summed E-state index contributed by atoms with van der Waals surface area (Å²) >= 11 is 0. The van der Waals surface area contributed by atoms with Crippen LogP contribution in [0.2, 0.25) is 0 Å². The van der Waals surface area contributed by atoms with Crippen LogP contribution >= 0.6 is 0 Å². The predicted octanol–water partition coefficient (Wildman–Crippen LogP) is 3.19. The summed E-state index contributed by atoms with van der Waals surface area (Å²) < 4.78 is 48.2. The van der Waals surface area contributed by atoms with Gasteiger partial charge >= 0.3 is 10.2 Å². The minimum Gasteiger partial charge on any atom is -0.490 e. The third-order valence-electron chi connectivity index (χ3n) is 5.11. The number of hydrogen-bond donors (Lipinski definition) is 1. The van der Waals surface area contributed by atoms with Crippen molar-refractivity contribution in [3.8, 4) is 17.2 Å². The topological polar surface area (TPSA) is 89.5 Å². The molecule has 0 amide bonds. The Kier molecular flexibility index (Phi) is 6.33. The molecule has 0 radical (unpaired) electrons. The lowest BCUT2D eigenvalue weighted by Gasteiger charge is -2.33. The second-order valence-electron chi connectivity index (χ2n) is 7.45. The molecule has 1 atom stereocenters.